The lowest BCUT2D eigenvalue weighted by Gasteiger charge is -2.19. The molecule has 1 aromatic heterocycles. The van der Waals surface area contributed by atoms with Crippen molar-refractivity contribution in [2.45, 2.75) is 44.9 Å². The van der Waals surface area contributed by atoms with E-state index in [-0.39, 0.29) is 5.41 Å². The molecule has 0 aliphatic heterocycles. The van der Waals surface area contributed by atoms with E-state index in [4.69, 9.17) is 11.6 Å². The first-order valence-electron chi connectivity index (χ1n) is 7.09. The van der Waals surface area contributed by atoms with Crippen molar-refractivity contribution in [1.29, 1.82) is 0 Å². The zero-order chi connectivity index (χ0) is 14.3. The maximum absolute atomic E-state index is 6.12. The van der Waals surface area contributed by atoms with Gasteiger partial charge in [0, 0.05) is 17.5 Å². The van der Waals surface area contributed by atoms with E-state index in [2.05, 4.69) is 55.0 Å². The summed E-state index contributed by atoms with van der Waals surface area (Å²) >= 11 is 6.12. The van der Waals surface area contributed by atoms with Crippen molar-refractivity contribution in [2.24, 2.45) is 0 Å². The highest BCUT2D eigenvalue weighted by atomic mass is 35.5. The number of rotatable bonds is 2. The molecule has 0 bridgehead atoms. The second kappa shape index (κ2) is 4.85. The predicted octanol–water partition coefficient (Wildman–Crippen LogP) is 4.97. The van der Waals surface area contributed by atoms with Crippen LogP contribution in [0.2, 0.25) is 5.15 Å². The van der Waals surface area contributed by atoms with E-state index in [0.29, 0.717) is 11.1 Å². The van der Waals surface area contributed by atoms with E-state index >= 15 is 0 Å². The maximum atomic E-state index is 6.12. The third kappa shape index (κ3) is 2.85. The van der Waals surface area contributed by atoms with Crippen molar-refractivity contribution < 1.29 is 0 Å². The fourth-order valence-corrected chi connectivity index (χ4v) is 2.44. The molecule has 0 unspecified atom stereocenters. The summed E-state index contributed by atoms with van der Waals surface area (Å²) < 4.78 is 0. The van der Waals surface area contributed by atoms with Crippen LogP contribution in [0.5, 0.6) is 0 Å². The van der Waals surface area contributed by atoms with Crippen molar-refractivity contribution >= 4 is 11.6 Å². The lowest BCUT2D eigenvalue weighted by Crippen LogP contribution is -2.10. The van der Waals surface area contributed by atoms with Gasteiger partial charge >= 0.3 is 0 Å². The van der Waals surface area contributed by atoms with Crippen LogP contribution in [-0.4, -0.2) is 9.97 Å². The van der Waals surface area contributed by atoms with Gasteiger partial charge in [-0.2, -0.15) is 0 Å². The molecule has 3 heteroatoms. The highest BCUT2D eigenvalue weighted by molar-refractivity contribution is 6.29. The summed E-state index contributed by atoms with van der Waals surface area (Å²) in [5.74, 6) is 1.41. The monoisotopic (exact) mass is 286 g/mol. The minimum atomic E-state index is 0.168. The first-order valence-corrected chi connectivity index (χ1v) is 7.47. The Kier molecular flexibility index (Phi) is 3.29. The van der Waals surface area contributed by atoms with Crippen molar-refractivity contribution in [1.82, 2.24) is 9.97 Å². The highest BCUT2D eigenvalue weighted by Crippen LogP contribution is 2.39. The number of nitrogens with zero attached hydrogens (tertiary/aromatic N) is 2. The quantitative estimate of drug-likeness (QED) is 0.728. The predicted molar refractivity (Wildman–Crippen MR) is 83.2 cm³/mol. The van der Waals surface area contributed by atoms with Crippen LogP contribution >= 0.6 is 11.6 Å². The van der Waals surface area contributed by atoms with Gasteiger partial charge in [-0.05, 0) is 23.8 Å². The van der Waals surface area contributed by atoms with Crippen LogP contribution in [0, 0.1) is 0 Å². The third-order valence-electron chi connectivity index (χ3n) is 3.70. The molecule has 1 saturated carbocycles. The van der Waals surface area contributed by atoms with Crippen LogP contribution in [0.1, 0.15) is 50.9 Å². The van der Waals surface area contributed by atoms with Crippen LogP contribution in [-0.2, 0) is 5.41 Å². The zero-order valence-electron chi connectivity index (χ0n) is 12.2. The number of hydrogen-bond acceptors (Lipinski definition) is 2. The smallest absolute Gasteiger partial charge is 0.133 e. The Morgan fingerprint density at radius 3 is 2.25 bits per heavy atom. The van der Waals surface area contributed by atoms with E-state index in [9.17, 15) is 0 Å². The van der Waals surface area contributed by atoms with Crippen molar-refractivity contribution in [3.8, 4) is 11.3 Å². The second-order valence-corrected chi connectivity index (χ2v) is 6.92. The molecule has 0 amide bonds. The van der Waals surface area contributed by atoms with Gasteiger partial charge in [0.1, 0.15) is 11.0 Å². The SMILES string of the molecule is CC(C)(C)c1ccc(-c2cc(Cl)nc(C3CC3)n2)cc1. The van der Waals surface area contributed by atoms with E-state index < -0.39 is 0 Å². The number of halogens is 1. The molecule has 1 aliphatic rings. The van der Waals surface area contributed by atoms with E-state index in [1.807, 2.05) is 6.07 Å². The Labute approximate surface area is 125 Å². The van der Waals surface area contributed by atoms with Crippen LogP contribution in [0.25, 0.3) is 11.3 Å². The fraction of sp³-hybridized carbons (Fsp3) is 0.412. The normalized spacial score (nSPS) is 15.4. The van der Waals surface area contributed by atoms with E-state index in [0.717, 1.165) is 17.1 Å². The largest absolute Gasteiger partial charge is 0.232 e. The van der Waals surface area contributed by atoms with Gasteiger partial charge in [0.15, 0.2) is 0 Å². The van der Waals surface area contributed by atoms with Crippen molar-refractivity contribution in [3.05, 3.63) is 46.9 Å². The zero-order valence-corrected chi connectivity index (χ0v) is 12.9. The van der Waals surface area contributed by atoms with Gasteiger partial charge in [0.05, 0.1) is 5.69 Å². The molecule has 1 fully saturated rings. The fourth-order valence-electron chi connectivity index (χ4n) is 2.25. The third-order valence-corrected chi connectivity index (χ3v) is 3.89. The topological polar surface area (TPSA) is 25.8 Å². The van der Waals surface area contributed by atoms with Gasteiger partial charge < -0.3 is 0 Å². The molecule has 1 heterocycles. The van der Waals surface area contributed by atoms with Crippen LogP contribution in [0.3, 0.4) is 0 Å². The minimum Gasteiger partial charge on any atom is -0.232 e. The van der Waals surface area contributed by atoms with Crippen molar-refractivity contribution in [3.63, 3.8) is 0 Å². The molecule has 0 atom stereocenters. The van der Waals surface area contributed by atoms with E-state index in [1.165, 1.54) is 18.4 Å². The number of aromatic nitrogens is 2. The van der Waals surface area contributed by atoms with Gasteiger partial charge in [0.2, 0.25) is 0 Å². The summed E-state index contributed by atoms with van der Waals surface area (Å²) in [4.78, 5) is 8.99. The van der Waals surface area contributed by atoms with E-state index in [1.54, 1.807) is 0 Å². The van der Waals surface area contributed by atoms with Crippen molar-refractivity contribution in [2.75, 3.05) is 0 Å². The average molecular weight is 287 g/mol. The second-order valence-electron chi connectivity index (χ2n) is 6.54. The summed E-state index contributed by atoms with van der Waals surface area (Å²) in [7, 11) is 0. The summed E-state index contributed by atoms with van der Waals surface area (Å²) in [5, 5.41) is 0.539. The number of hydrogen-bond donors (Lipinski definition) is 0. The van der Waals surface area contributed by atoms with Gasteiger partial charge in [-0.25, -0.2) is 9.97 Å². The summed E-state index contributed by atoms with van der Waals surface area (Å²) in [6, 6.07) is 10.4. The highest BCUT2D eigenvalue weighted by Gasteiger charge is 2.27. The Bertz CT molecular complexity index is 622. The molecule has 2 aromatic rings. The Balaban J connectivity index is 1.96. The first kappa shape index (κ1) is 13.6. The molecule has 0 radical (unpaired) electrons. The molecule has 1 aliphatic carbocycles. The molecule has 1 aromatic carbocycles. The molecular formula is C17H19ClN2. The molecule has 0 spiro atoms. The molecule has 20 heavy (non-hydrogen) atoms. The minimum absolute atomic E-state index is 0.168. The molecule has 3 rings (SSSR count). The summed E-state index contributed by atoms with van der Waals surface area (Å²) in [6.45, 7) is 6.65. The maximum Gasteiger partial charge on any atom is 0.133 e. The summed E-state index contributed by atoms with van der Waals surface area (Å²) in [5.41, 5.74) is 3.52. The molecule has 2 nitrogen and oxygen atoms in total. The average Bonchev–Trinajstić information content (AvgIpc) is 3.21. The Morgan fingerprint density at radius 1 is 1.05 bits per heavy atom. The summed E-state index contributed by atoms with van der Waals surface area (Å²) in [6.07, 6.45) is 2.37. The van der Waals surface area contributed by atoms with Gasteiger partial charge in [-0.3, -0.25) is 0 Å². The lowest BCUT2D eigenvalue weighted by atomic mass is 9.86. The molecule has 104 valence electrons. The standard InChI is InChI=1S/C17H19ClN2/c1-17(2,3)13-8-6-11(7-9-13)14-10-15(18)20-16(19-14)12-4-5-12/h6-10,12H,4-5H2,1-3H3. The Morgan fingerprint density at radius 2 is 1.70 bits per heavy atom. The van der Waals surface area contributed by atoms with Gasteiger partial charge in [-0.15, -0.1) is 0 Å². The first-order chi connectivity index (χ1) is 9.43. The van der Waals surface area contributed by atoms with Gasteiger partial charge in [-0.1, -0.05) is 56.6 Å². The van der Waals surface area contributed by atoms with Gasteiger partial charge in [0.25, 0.3) is 0 Å². The molecule has 0 N–H and O–H groups in total. The molecular weight excluding hydrogens is 268 g/mol. The van der Waals surface area contributed by atoms with Crippen LogP contribution < -0.4 is 0 Å². The number of benzene rings is 1. The van der Waals surface area contributed by atoms with Crippen LogP contribution in [0.4, 0.5) is 0 Å². The van der Waals surface area contributed by atoms with Crippen LogP contribution in [0.15, 0.2) is 30.3 Å². The molecule has 0 saturated heterocycles. The Hall–Kier alpha value is -1.41. The lowest BCUT2D eigenvalue weighted by molar-refractivity contribution is 0.590.